The molecule has 0 aromatic heterocycles. The van der Waals surface area contributed by atoms with Gasteiger partial charge in [-0.15, -0.1) is 0 Å². The third-order valence-electron chi connectivity index (χ3n) is 5.47. The Hall–Kier alpha value is -1.59. The zero-order chi connectivity index (χ0) is 18.7. The van der Waals surface area contributed by atoms with Crippen LogP contribution in [0.2, 0.25) is 0 Å². The Labute approximate surface area is 151 Å². The number of amides is 1. The lowest BCUT2D eigenvalue weighted by atomic mass is 9.54. The van der Waals surface area contributed by atoms with Gasteiger partial charge in [-0.25, -0.2) is 0 Å². The number of benzene rings is 1. The molecular formula is C20H32N2O3. The summed E-state index contributed by atoms with van der Waals surface area (Å²) in [5, 5.41) is 2.98. The Balaban J connectivity index is 1.92. The monoisotopic (exact) mass is 348 g/mol. The van der Waals surface area contributed by atoms with Crippen LogP contribution in [-0.4, -0.2) is 36.8 Å². The summed E-state index contributed by atoms with van der Waals surface area (Å²) in [6.07, 6.45) is 1.30. The molecule has 2 rings (SSSR count). The lowest BCUT2D eigenvalue weighted by Gasteiger charge is -2.57. The van der Waals surface area contributed by atoms with Crippen LogP contribution in [0.25, 0.3) is 0 Å². The van der Waals surface area contributed by atoms with E-state index in [2.05, 4.69) is 5.32 Å². The molecule has 3 N–H and O–H groups in total. The quantitative estimate of drug-likeness (QED) is 0.758. The van der Waals surface area contributed by atoms with Crippen LogP contribution >= 0.6 is 0 Å². The van der Waals surface area contributed by atoms with Crippen LogP contribution in [0.1, 0.15) is 46.1 Å². The third kappa shape index (κ3) is 3.98. The van der Waals surface area contributed by atoms with Crippen molar-refractivity contribution in [3.05, 3.63) is 29.8 Å². The minimum Gasteiger partial charge on any atom is -0.489 e. The zero-order valence-corrected chi connectivity index (χ0v) is 16.1. The zero-order valence-electron chi connectivity index (χ0n) is 16.1. The molecule has 5 nitrogen and oxygen atoms in total. The molecule has 0 spiro atoms. The second kappa shape index (κ2) is 7.75. The van der Waals surface area contributed by atoms with Gasteiger partial charge >= 0.3 is 0 Å². The molecule has 0 saturated heterocycles. The standard InChI is InChI=1S/C20H32N2O3/c1-6-15(25-16-10-8-9-14(3)11-16)13-22-18(23)20(21)12-17(24-7-2)19(20,4)5/h8-11,15,17H,6-7,12-13,21H2,1-5H3,(H,22,23). The fourth-order valence-corrected chi connectivity index (χ4v) is 3.34. The van der Waals surface area contributed by atoms with Crippen molar-refractivity contribution in [2.45, 2.75) is 65.2 Å². The number of aryl methyl sites for hydroxylation is 1. The third-order valence-corrected chi connectivity index (χ3v) is 5.47. The number of nitrogens with two attached hydrogens (primary N) is 1. The van der Waals surface area contributed by atoms with Crippen molar-refractivity contribution >= 4 is 5.91 Å². The molecule has 0 aliphatic heterocycles. The van der Waals surface area contributed by atoms with Gasteiger partial charge in [-0.1, -0.05) is 32.9 Å². The van der Waals surface area contributed by atoms with Crippen LogP contribution in [0.4, 0.5) is 0 Å². The van der Waals surface area contributed by atoms with Crippen molar-refractivity contribution in [3.63, 3.8) is 0 Å². The summed E-state index contributed by atoms with van der Waals surface area (Å²) in [6.45, 7) is 11.1. The smallest absolute Gasteiger partial charge is 0.240 e. The molecule has 1 aromatic carbocycles. The van der Waals surface area contributed by atoms with Gasteiger partial charge in [-0.05, 0) is 38.0 Å². The maximum absolute atomic E-state index is 12.7. The largest absolute Gasteiger partial charge is 0.489 e. The molecule has 5 heteroatoms. The first-order chi connectivity index (χ1) is 11.7. The van der Waals surface area contributed by atoms with E-state index in [4.69, 9.17) is 15.2 Å². The van der Waals surface area contributed by atoms with E-state index in [-0.39, 0.29) is 23.5 Å². The van der Waals surface area contributed by atoms with E-state index in [1.807, 2.05) is 58.9 Å². The molecule has 3 unspecified atom stereocenters. The Morgan fingerprint density at radius 2 is 2.12 bits per heavy atom. The molecule has 1 amide bonds. The Kier molecular flexibility index (Phi) is 6.12. The summed E-state index contributed by atoms with van der Waals surface area (Å²) < 4.78 is 11.7. The summed E-state index contributed by atoms with van der Waals surface area (Å²) in [5.41, 5.74) is 6.28. The first kappa shape index (κ1) is 19.7. The predicted octanol–water partition coefficient (Wildman–Crippen LogP) is 2.80. The minimum absolute atomic E-state index is 0.0266. The van der Waals surface area contributed by atoms with E-state index in [0.29, 0.717) is 19.6 Å². The molecule has 3 atom stereocenters. The number of rotatable bonds is 8. The summed E-state index contributed by atoms with van der Waals surface area (Å²) in [6, 6.07) is 7.93. The average Bonchev–Trinajstić information content (AvgIpc) is 2.57. The summed E-state index contributed by atoms with van der Waals surface area (Å²) in [4.78, 5) is 12.7. The molecule has 1 fully saturated rings. The van der Waals surface area contributed by atoms with Crippen LogP contribution in [-0.2, 0) is 9.53 Å². The maximum Gasteiger partial charge on any atom is 0.240 e. The number of nitrogens with one attached hydrogen (secondary N) is 1. The van der Waals surface area contributed by atoms with Gasteiger partial charge in [0.1, 0.15) is 17.4 Å². The number of ether oxygens (including phenoxy) is 2. The molecule has 1 saturated carbocycles. The van der Waals surface area contributed by atoms with Crippen LogP contribution in [0.3, 0.4) is 0 Å². The van der Waals surface area contributed by atoms with Gasteiger partial charge in [0.25, 0.3) is 0 Å². The van der Waals surface area contributed by atoms with Gasteiger partial charge in [-0.3, -0.25) is 4.79 Å². The van der Waals surface area contributed by atoms with E-state index in [9.17, 15) is 4.79 Å². The van der Waals surface area contributed by atoms with Gasteiger partial charge in [0.2, 0.25) is 5.91 Å². The highest BCUT2D eigenvalue weighted by atomic mass is 16.5. The van der Waals surface area contributed by atoms with Crippen molar-refractivity contribution in [1.29, 1.82) is 0 Å². The molecule has 1 aromatic rings. The number of carbonyl (C=O) groups excluding carboxylic acids is 1. The molecule has 1 aliphatic rings. The Morgan fingerprint density at radius 3 is 2.68 bits per heavy atom. The molecule has 140 valence electrons. The fourth-order valence-electron chi connectivity index (χ4n) is 3.34. The van der Waals surface area contributed by atoms with Gasteiger partial charge in [0.15, 0.2) is 0 Å². The second-order valence-electron chi connectivity index (χ2n) is 7.52. The summed E-state index contributed by atoms with van der Waals surface area (Å²) >= 11 is 0. The Morgan fingerprint density at radius 1 is 1.40 bits per heavy atom. The summed E-state index contributed by atoms with van der Waals surface area (Å²) in [7, 11) is 0. The highest BCUT2D eigenvalue weighted by Gasteiger charge is 2.62. The first-order valence-electron chi connectivity index (χ1n) is 9.16. The highest BCUT2D eigenvalue weighted by molar-refractivity contribution is 5.88. The van der Waals surface area contributed by atoms with Gasteiger partial charge in [0.05, 0.1) is 12.6 Å². The molecule has 0 radical (unpaired) electrons. The fraction of sp³-hybridized carbons (Fsp3) is 0.650. The lowest BCUT2D eigenvalue weighted by Crippen LogP contribution is -2.76. The second-order valence-corrected chi connectivity index (χ2v) is 7.52. The molecule has 1 aliphatic carbocycles. The SMILES string of the molecule is CCOC1CC(N)(C(=O)NCC(CC)Oc2cccc(C)c2)C1(C)C. The van der Waals surface area contributed by atoms with Crippen molar-refractivity contribution in [2.24, 2.45) is 11.1 Å². The normalized spacial score (nSPS) is 25.8. The first-order valence-corrected chi connectivity index (χ1v) is 9.16. The average molecular weight is 348 g/mol. The highest BCUT2D eigenvalue weighted by Crippen LogP contribution is 2.49. The number of hydrogen-bond acceptors (Lipinski definition) is 4. The topological polar surface area (TPSA) is 73.6 Å². The predicted molar refractivity (Wildman–Crippen MR) is 99.6 cm³/mol. The van der Waals surface area contributed by atoms with Crippen molar-refractivity contribution < 1.29 is 14.3 Å². The maximum atomic E-state index is 12.7. The summed E-state index contributed by atoms with van der Waals surface area (Å²) in [5.74, 6) is 0.698. The molecular weight excluding hydrogens is 316 g/mol. The van der Waals surface area contributed by atoms with Crippen LogP contribution in [0.5, 0.6) is 5.75 Å². The van der Waals surface area contributed by atoms with E-state index >= 15 is 0 Å². The molecule has 25 heavy (non-hydrogen) atoms. The minimum atomic E-state index is -0.894. The van der Waals surface area contributed by atoms with Gasteiger partial charge in [0, 0.05) is 18.4 Å². The van der Waals surface area contributed by atoms with E-state index in [1.54, 1.807) is 0 Å². The van der Waals surface area contributed by atoms with Gasteiger partial charge in [-0.2, -0.15) is 0 Å². The van der Waals surface area contributed by atoms with Crippen molar-refractivity contribution in [2.75, 3.05) is 13.2 Å². The molecule has 0 heterocycles. The van der Waals surface area contributed by atoms with Crippen molar-refractivity contribution in [1.82, 2.24) is 5.32 Å². The van der Waals surface area contributed by atoms with Crippen LogP contribution < -0.4 is 15.8 Å². The van der Waals surface area contributed by atoms with Crippen molar-refractivity contribution in [3.8, 4) is 5.75 Å². The Bertz CT molecular complexity index is 602. The van der Waals surface area contributed by atoms with Crippen LogP contribution in [0, 0.1) is 12.3 Å². The lowest BCUT2D eigenvalue weighted by molar-refractivity contribution is -0.170. The van der Waals surface area contributed by atoms with Gasteiger partial charge < -0.3 is 20.5 Å². The van der Waals surface area contributed by atoms with Crippen LogP contribution in [0.15, 0.2) is 24.3 Å². The molecule has 0 bridgehead atoms. The number of carbonyl (C=O) groups is 1. The van der Waals surface area contributed by atoms with E-state index < -0.39 is 5.54 Å². The van der Waals surface area contributed by atoms with E-state index in [0.717, 1.165) is 17.7 Å². The van der Waals surface area contributed by atoms with E-state index in [1.165, 1.54) is 0 Å². The number of hydrogen-bond donors (Lipinski definition) is 2.